The van der Waals surface area contributed by atoms with Gasteiger partial charge in [0.25, 0.3) is 0 Å². The van der Waals surface area contributed by atoms with Gasteiger partial charge in [-0.1, -0.05) is 0 Å². The molecule has 1 N–H and O–H groups in total. The number of aliphatic hydroxyl groups is 1. The van der Waals surface area contributed by atoms with Crippen molar-refractivity contribution in [3.05, 3.63) is 54.1 Å². The van der Waals surface area contributed by atoms with Gasteiger partial charge < -0.3 is 14.6 Å². The van der Waals surface area contributed by atoms with E-state index in [9.17, 15) is 18.3 Å². The minimum absolute atomic E-state index is 0.190. The number of hydrogen-bond donors (Lipinski definition) is 1. The summed E-state index contributed by atoms with van der Waals surface area (Å²) in [5, 5.41) is 19.1. The molecule has 2 atom stereocenters. The monoisotopic (exact) mass is 362 g/mol. The molecule has 0 fully saturated rings. The van der Waals surface area contributed by atoms with E-state index in [1.54, 1.807) is 41.3 Å². The maximum atomic E-state index is 13.2. The topological polar surface area (TPSA) is 65.1 Å². The van der Waals surface area contributed by atoms with Crippen molar-refractivity contribution >= 4 is 11.4 Å². The Morgan fingerprint density at radius 3 is 2.73 bits per heavy atom. The normalized spacial score (nSPS) is 20.4. The Bertz CT molecular complexity index is 852. The first-order valence-corrected chi connectivity index (χ1v) is 8.03. The van der Waals surface area contributed by atoms with Gasteiger partial charge in [0.05, 0.1) is 35.3 Å². The van der Waals surface area contributed by atoms with Crippen molar-refractivity contribution in [1.82, 2.24) is 9.55 Å². The van der Waals surface area contributed by atoms with Crippen LogP contribution in [0.25, 0.3) is 5.70 Å². The van der Waals surface area contributed by atoms with Crippen LogP contribution in [0.15, 0.2) is 43.0 Å². The highest BCUT2D eigenvalue weighted by molar-refractivity contribution is 5.59. The van der Waals surface area contributed by atoms with Gasteiger partial charge in [0, 0.05) is 31.2 Å². The molecule has 0 amide bonds. The number of hydrogen-bond acceptors (Lipinski definition) is 4. The Labute approximate surface area is 148 Å². The van der Waals surface area contributed by atoms with Crippen LogP contribution < -0.4 is 4.90 Å². The van der Waals surface area contributed by atoms with Crippen molar-refractivity contribution in [1.29, 1.82) is 5.26 Å². The minimum atomic E-state index is -4.59. The molecule has 0 radical (unpaired) electrons. The van der Waals surface area contributed by atoms with Crippen LogP contribution in [-0.2, 0) is 6.18 Å². The lowest BCUT2D eigenvalue weighted by Crippen LogP contribution is -2.35. The first-order valence-electron chi connectivity index (χ1n) is 8.03. The van der Waals surface area contributed by atoms with Gasteiger partial charge in [-0.2, -0.15) is 18.4 Å². The largest absolute Gasteiger partial charge is 0.417 e. The molecule has 0 aliphatic heterocycles. The Morgan fingerprint density at radius 1 is 1.35 bits per heavy atom. The van der Waals surface area contributed by atoms with Crippen LogP contribution in [0, 0.1) is 11.3 Å². The summed E-state index contributed by atoms with van der Waals surface area (Å²) < 4.78 is 41.3. The lowest BCUT2D eigenvalue weighted by Gasteiger charge is -2.34. The molecule has 1 heterocycles. The molecule has 26 heavy (non-hydrogen) atoms. The van der Waals surface area contributed by atoms with Crippen molar-refractivity contribution in [3.63, 3.8) is 0 Å². The zero-order valence-electron chi connectivity index (χ0n) is 14.0. The molecule has 2 aromatic rings. The summed E-state index contributed by atoms with van der Waals surface area (Å²) in [6.07, 6.45) is 2.54. The second-order valence-electron chi connectivity index (χ2n) is 6.17. The third-order valence-corrected chi connectivity index (χ3v) is 4.58. The van der Waals surface area contributed by atoms with Gasteiger partial charge in [-0.05, 0) is 37.1 Å². The minimum Gasteiger partial charge on any atom is -0.387 e. The molecule has 1 aromatic heterocycles. The van der Waals surface area contributed by atoms with E-state index < -0.39 is 23.4 Å². The molecule has 2 unspecified atom stereocenters. The first kappa shape index (κ1) is 18.0. The van der Waals surface area contributed by atoms with E-state index >= 15 is 0 Å². The van der Waals surface area contributed by atoms with Gasteiger partial charge in [0.1, 0.15) is 0 Å². The maximum Gasteiger partial charge on any atom is 0.417 e. The fraction of sp³-hybridized carbons (Fsp3) is 0.333. The molecule has 8 heteroatoms. The smallest absolute Gasteiger partial charge is 0.387 e. The summed E-state index contributed by atoms with van der Waals surface area (Å²) >= 11 is 0. The number of nitriles is 1. The van der Waals surface area contributed by atoms with E-state index in [1.165, 1.54) is 12.1 Å². The summed E-state index contributed by atoms with van der Waals surface area (Å²) in [4.78, 5) is 5.68. The van der Waals surface area contributed by atoms with Crippen LogP contribution in [0.5, 0.6) is 0 Å². The summed E-state index contributed by atoms with van der Waals surface area (Å²) in [6, 6.07) is 5.08. The van der Waals surface area contributed by atoms with E-state index in [0.29, 0.717) is 24.2 Å². The van der Waals surface area contributed by atoms with Crippen molar-refractivity contribution in [3.8, 4) is 6.07 Å². The number of aliphatic hydroxyl groups excluding tert-OH is 1. The third kappa shape index (κ3) is 3.44. The average molecular weight is 362 g/mol. The lowest BCUT2D eigenvalue weighted by atomic mass is 9.95. The van der Waals surface area contributed by atoms with Crippen LogP contribution in [0.4, 0.5) is 18.9 Å². The molecule has 0 bridgehead atoms. The molecule has 0 saturated carbocycles. The van der Waals surface area contributed by atoms with Crippen LogP contribution >= 0.6 is 0 Å². The number of aromatic nitrogens is 2. The van der Waals surface area contributed by atoms with Crippen LogP contribution in [-0.4, -0.2) is 33.9 Å². The van der Waals surface area contributed by atoms with Gasteiger partial charge in [-0.15, -0.1) is 0 Å². The Morgan fingerprint density at radius 2 is 2.12 bits per heavy atom. The number of imidazole rings is 1. The highest BCUT2D eigenvalue weighted by Crippen LogP contribution is 2.35. The lowest BCUT2D eigenvalue weighted by molar-refractivity contribution is -0.137. The van der Waals surface area contributed by atoms with Crippen molar-refractivity contribution in [2.75, 3.05) is 11.9 Å². The second kappa shape index (κ2) is 6.84. The van der Waals surface area contributed by atoms with Crippen molar-refractivity contribution in [2.45, 2.75) is 31.2 Å². The highest BCUT2D eigenvalue weighted by Gasteiger charge is 2.34. The van der Waals surface area contributed by atoms with Crippen LogP contribution in [0.2, 0.25) is 0 Å². The number of alkyl halides is 3. The van der Waals surface area contributed by atoms with E-state index in [0.717, 1.165) is 6.07 Å². The number of likely N-dealkylation sites (N-methyl/N-ethyl adjacent to an activating group) is 1. The first-order chi connectivity index (χ1) is 12.3. The maximum absolute atomic E-state index is 13.2. The van der Waals surface area contributed by atoms with Crippen molar-refractivity contribution in [2.24, 2.45) is 0 Å². The predicted molar refractivity (Wildman–Crippen MR) is 90.1 cm³/mol. The number of rotatable bonds is 3. The van der Waals surface area contributed by atoms with E-state index in [1.807, 2.05) is 6.08 Å². The molecule has 1 aliphatic rings. The zero-order valence-corrected chi connectivity index (χ0v) is 14.0. The summed E-state index contributed by atoms with van der Waals surface area (Å²) in [7, 11) is 1.70. The summed E-state index contributed by atoms with van der Waals surface area (Å²) in [6.45, 7) is 0. The summed E-state index contributed by atoms with van der Waals surface area (Å²) in [5.74, 6) is 0. The number of anilines is 1. The molecule has 1 aromatic carbocycles. The van der Waals surface area contributed by atoms with E-state index in [-0.39, 0.29) is 6.04 Å². The zero-order chi connectivity index (χ0) is 18.9. The third-order valence-electron chi connectivity index (χ3n) is 4.58. The predicted octanol–water partition coefficient (Wildman–Crippen LogP) is 3.27. The Balaban J connectivity index is 1.94. The van der Waals surface area contributed by atoms with Gasteiger partial charge >= 0.3 is 6.18 Å². The van der Waals surface area contributed by atoms with Gasteiger partial charge in [0.15, 0.2) is 0 Å². The Kier molecular flexibility index (Phi) is 4.74. The number of benzene rings is 1. The fourth-order valence-corrected chi connectivity index (χ4v) is 3.12. The standard InChI is InChI=1S/C18H17F3N4O/c1-24(13-3-2-12(10-22)15(8-13)18(19,20)21)14-4-5-17(26)16(9-14)25-7-6-23-11-25/h2-3,6-9,11,14,17,26H,4-5H2,1H3. The van der Waals surface area contributed by atoms with E-state index in [2.05, 4.69) is 4.98 Å². The number of halogens is 3. The highest BCUT2D eigenvalue weighted by atomic mass is 19.4. The van der Waals surface area contributed by atoms with Crippen LogP contribution in [0.3, 0.4) is 0 Å². The Hall–Kier alpha value is -2.79. The molecule has 3 rings (SSSR count). The molecule has 136 valence electrons. The number of nitrogens with zero attached hydrogens (tertiary/aromatic N) is 4. The molecular weight excluding hydrogens is 345 g/mol. The average Bonchev–Trinajstić information content (AvgIpc) is 3.14. The van der Waals surface area contributed by atoms with Crippen molar-refractivity contribution < 1.29 is 18.3 Å². The van der Waals surface area contributed by atoms with Gasteiger partial charge in [-0.25, -0.2) is 4.98 Å². The molecular formula is C18H17F3N4O. The van der Waals surface area contributed by atoms with E-state index in [4.69, 9.17) is 5.26 Å². The fourth-order valence-electron chi connectivity index (χ4n) is 3.12. The molecule has 1 aliphatic carbocycles. The molecule has 5 nitrogen and oxygen atoms in total. The van der Waals surface area contributed by atoms with Crippen LogP contribution in [0.1, 0.15) is 24.0 Å². The second-order valence-corrected chi connectivity index (χ2v) is 6.17. The van der Waals surface area contributed by atoms with Gasteiger partial charge in [-0.3, -0.25) is 0 Å². The molecule has 0 saturated heterocycles. The molecule has 0 spiro atoms. The summed E-state index contributed by atoms with van der Waals surface area (Å²) in [5.41, 5.74) is -0.336. The quantitative estimate of drug-likeness (QED) is 0.910. The van der Waals surface area contributed by atoms with Gasteiger partial charge in [0.2, 0.25) is 0 Å². The SMILES string of the molecule is CN(c1ccc(C#N)c(C(F)(F)F)c1)C1C=C(n2ccnc2)C(O)CC1.